The number of benzene rings is 2. The van der Waals surface area contributed by atoms with Crippen LogP contribution in [0.1, 0.15) is 39.5 Å². The molecule has 0 saturated heterocycles. The van der Waals surface area contributed by atoms with E-state index in [0.29, 0.717) is 5.56 Å². The molecule has 172 valence electrons. The minimum atomic E-state index is -4.53. The number of carbonyl (C=O) groups excluding carboxylic acids is 1. The number of aliphatic carboxylic acids is 1. The van der Waals surface area contributed by atoms with Crippen LogP contribution in [0.25, 0.3) is 11.3 Å². The number of rotatable bonds is 7. The van der Waals surface area contributed by atoms with Gasteiger partial charge in [-0.3, -0.25) is 14.6 Å². The summed E-state index contributed by atoms with van der Waals surface area (Å²) >= 11 is 0. The molecule has 9 heteroatoms. The number of ether oxygens (including phenoxy) is 1. The molecule has 0 spiro atoms. The third-order valence-corrected chi connectivity index (χ3v) is 5.07. The number of methoxy groups -OCH3 is 1. The van der Waals surface area contributed by atoms with Gasteiger partial charge in [0.2, 0.25) is 0 Å². The zero-order valence-electron chi connectivity index (χ0n) is 17.8. The average Bonchev–Trinajstić information content (AvgIpc) is 2.77. The molecule has 1 unspecified atom stereocenters. The Hall–Kier alpha value is -3.88. The van der Waals surface area contributed by atoms with Gasteiger partial charge in [-0.15, -0.1) is 0 Å². The minimum Gasteiger partial charge on any atom is -0.496 e. The highest BCUT2D eigenvalue weighted by Gasteiger charge is 2.31. The Kier molecular flexibility index (Phi) is 7.01. The minimum absolute atomic E-state index is 0.0430. The lowest BCUT2D eigenvalue weighted by molar-refractivity contribution is -0.138. The Balaban J connectivity index is 1.92. The van der Waals surface area contributed by atoms with Crippen molar-refractivity contribution in [3.63, 3.8) is 0 Å². The highest BCUT2D eigenvalue weighted by Crippen LogP contribution is 2.36. The van der Waals surface area contributed by atoms with Gasteiger partial charge in [0.1, 0.15) is 5.75 Å². The Labute approximate surface area is 188 Å². The first-order valence-corrected chi connectivity index (χ1v) is 9.90. The Bertz CT molecular complexity index is 1180. The van der Waals surface area contributed by atoms with Gasteiger partial charge in [0.25, 0.3) is 5.91 Å². The van der Waals surface area contributed by atoms with E-state index in [1.54, 1.807) is 12.1 Å². The first-order chi connectivity index (χ1) is 15.6. The summed E-state index contributed by atoms with van der Waals surface area (Å²) in [6.07, 6.45) is -3.50. The number of nitrogens with one attached hydrogen (secondary N) is 1. The van der Waals surface area contributed by atoms with Gasteiger partial charge in [-0.2, -0.15) is 13.2 Å². The number of hydrogen-bond acceptors (Lipinski definition) is 4. The summed E-state index contributed by atoms with van der Waals surface area (Å²) in [5, 5.41) is 12.0. The Morgan fingerprint density at radius 3 is 2.48 bits per heavy atom. The largest absolute Gasteiger partial charge is 0.496 e. The number of halogens is 3. The second-order valence-electron chi connectivity index (χ2n) is 7.32. The Morgan fingerprint density at radius 2 is 1.85 bits per heavy atom. The van der Waals surface area contributed by atoms with E-state index in [0.717, 1.165) is 17.7 Å². The van der Waals surface area contributed by atoms with Crippen LogP contribution >= 0.6 is 0 Å². The standard InChI is InChI=1S/C24H21F3N2O4/c1-14-5-3-4-6-17(14)20(13-22(30)31)29-23(32)15-9-10-28-19(11-15)18-8-7-16(24(25,26)27)12-21(18)33-2/h3-12,20H,13H2,1-2H3,(H,29,32)(H,30,31). The second-order valence-corrected chi connectivity index (χ2v) is 7.32. The number of nitrogens with zero attached hydrogens (tertiary/aromatic N) is 1. The molecule has 6 nitrogen and oxygen atoms in total. The van der Waals surface area contributed by atoms with Crippen LogP contribution in [-0.2, 0) is 11.0 Å². The van der Waals surface area contributed by atoms with Crippen molar-refractivity contribution < 1.29 is 32.6 Å². The van der Waals surface area contributed by atoms with Crippen LogP contribution in [-0.4, -0.2) is 29.1 Å². The maximum atomic E-state index is 13.0. The maximum Gasteiger partial charge on any atom is 0.416 e. The van der Waals surface area contributed by atoms with Crippen molar-refractivity contribution in [2.75, 3.05) is 7.11 Å². The van der Waals surface area contributed by atoms with E-state index in [1.165, 1.54) is 31.5 Å². The molecule has 0 aliphatic carbocycles. The van der Waals surface area contributed by atoms with E-state index in [9.17, 15) is 27.9 Å². The smallest absolute Gasteiger partial charge is 0.416 e. The predicted molar refractivity (Wildman–Crippen MR) is 115 cm³/mol. The van der Waals surface area contributed by atoms with Gasteiger partial charge in [0.15, 0.2) is 0 Å². The number of aromatic nitrogens is 1. The van der Waals surface area contributed by atoms with Crippen molar-refractivity contribution in [3.8, 4) is 17.0 Å². The van der Waals surface area contributed by atoms with Gasteiger partial charge < -0.3 is 15.2 Å². The molecule has 0 fully saturated rings. The van der Waals surface area contributed by atoms with E-state index in [-0.39, 0.29) is 29.0 Å². The number of alkyl halides is 3. The topological polar surface area (TPSA) is 88.5 Å². The van der Waals surface area contributed by atoms with E-state index in [4.69, 9.17) is 4.74 Å². The molecule has 0 bridgehead atoms. The zero-order valence-corrected chi connectivity index (χ0v) is 17.8. The van der Waals surface area contributed by atoms with Gasteiger partial charge in [0, 0.05) is 17.3 Å². The van der Waals surface area contributed by atoms with Crippen LogP contribution in [0.4, 0.5) is 13.2 Å². The lowest BCUT2D eigenvalue weighted by Gasteiger charge is -2.20. The van der Waals surface area contributed by atoms with Crippen LogP contribution in [0.15, 0.2) is 60.8 Å². The summed E-state index contributed by atoms with van der Waals surface area (Å²) in [4.78, 5) is 28.5. The lowest BCUT2D eigenvalue weighted by atomic mass is 9.98. The zero-order chi connectivity index (χ0) is 24.2. The third kappa shape index (κ3) is 5.68. The van der Waals surface area contributed by atoms with Crippen molar-refractivity contribution in [1.82, 2.24) is 10.3 Å². The number of pyridine rings is 1. The fourth-order valence-electron chi connectivity index (χ4n) is 3.43. The normalized spacial score (nSPS) is 12.2. The summed E-state index contributed by atoms with van der Waals surface area (Å²) in [6.45, 7) is 1.82. The van der Waals surface area contributed by atoms with E-state index >= 15 is 0 Å². The SMILES string of the molecule is COc1cc(C(F)(F)F)ccc1-c1cc(C(=O)NC(CC(=O)O)c2ccccc2C)ccn1. The maximum absolute atomic E-state index is 13.0. The van der Waals surface area contributed by atoms with Gasteiger partial charge in [-0.25, -0.2) is 0 Å². The predicted octanol–water partition coefficient (Wildman–Crippen LogP) is 5.03. The van der Waals surface area contributed by atoms with Crippen molar-refractivity contribution in [1.29, 1.82) is 0 Å². The van der Waals surface area contributed by atoms with Crippen LogP contribution in [0.2, 0.25) is 0 Å². The molecule has 1 atom stereocenters. The molecule has 2 N–H and O–H groups in total. The van der Waals surface area contributed by atoms with E-state index < -0.39 is 29.7 Å². The van der Waals surface area contributed by atoms with Crippen molar-refractivity contribution in [3.05, 3.63) is 83.0 Å². The third-order valence-electron chi connectivity index (χ3n) is 5.07. The first-order valence-electron chi connectivity index (χ1n) is 9.90. The van der Waals surface area contributed by atoms with Gasteiger partial charge in [-0.05, 0) is 48.4 Å². The van der Waals surface area contributed by atoms with Crippen molar-refractivity contribution in [2.24, 2.45) is 0 Å². The summed E-state index contributed by atoms with van der Waals surface area (Å²) in [5.41, 5.74) is 1.32. The number of aryl methyl sites for hydroxylation is 1. The van der Waals surface area contributed by atoms with Crippen LogP contribution < -0.4 is 10.1 Å². The first kappa shape index (κ1) is 23.8. The molecule has 1 amide bonds. The highest BCUT2D eigenvalue weighted by atomic mass is 19.4. The number of amides is 1. The average molecular weight is 458 g/mol. The summed E-state index contributed by atoms with van der Waals surface area (Å²) in [5.74, 6) is -1.66. The molecule has 3 rings (SSSR count). The molecule has 0 aliphatic rings. The second kappa shape index (κ2) is 9.72. The number of carboxylic acids is 1. The van der Waals surface area contributed by atoms with Crippen LogP contribution in [0, 0.1) is 6.92 Å². The van der Waals surface area contributed by atoms with Gasteiger partial charge >= 0.3 is 12.1 Å². The number of hydrogen-bond donors (Lipinski definition) is 2. The monoisotopic (exact) mass is 458 g/mol. The molecule has 0 aliphatic heterocycles. The van der Waals surface area contributed by atoms with Crippen LogP contribution in [0.3, 0.4) is 0 Å². The number of carbonyl (C=O) groups is 2. The molecule has 33 heavy (non-hydrogen) atoms. The lowest BCUT2D eigenvalue weighted by Crippen LogP contribution is -2.30. The Morgan fingerprint density at radius 1 is 1.12 bits per heavy atom. The molecule has 1 heterocycles. The molecular formula is C24H21F3N2O4. The highest BCUT2D eigenvalue weighted by molar-refractivity contribution is 5.95. The summed E-state index contributed by atoms with van der Waals surface area (Å²) in [7, 11) is 1.24. The van der Waals surface area contributed by atoms with E-state index in [1.807, 2.05) is 19.1 Å². The van der Waals surface area contributed by atoms with Crippen molar-refractivity contribution in [2.45, 2.75) is 25.6 Å². The summed E-state index contributed by atoms with van der Waals surface area (Å²) < 4.78 is 44.2. The van der Waals surface area contributed by atoms with Gasteiger partial charge in [0.05, 0.1) is 30.8 Å². The molecule has 0 radical (unpaired) electrons. The number of carboxylic acid groups (broad SMARTS) is 1. The molecule has 1 aromatic heterocycles. The molecule has 0 saturated carbocycles. The quantitative estimate of drug-likeness (QED) is 0.519. The van der Waals surface area contributed by atoms with Crippen molar-refractivity contribution >= 4 is 11.9 Å². The molecule has 3 aromatic rings. The van der Waals surface area contributed by atoms with E-state index in [2.05, 4.69) is 10.3 Å². The van der Waals surface area contributed by atoms with Crippen LogP contribution in [0.5, 0.6) is 5.75 Å². The fourth-order valence-corrected chi connectivity index (χ4v) is 3.43. The van der Waals surface area contributed by atoms with Gasteiger partial charge in [-0.1, -0.05) is 24.3 Å². The molecule has 2 aromatic carbocycles. The molecular weight excluding hydrogens is 437 g/mol. The fraction of sp³-hybridized carbons (Fsp3) is 0.208. The summed E-state index contributed by atoms with van der Waals surface area (Å²) in [6, 6.07) is 12.2.